The third kappa shape index (κ3) is 5.72. The molecule has 0 aromatic heterocycles. The Kier molecular flexibility index (Phi) is 7.26. The lowest BCUT2D eigenvalue weighted by Crippen LogP contribution is -2.29. The second-order valence-corrected chi connectivity index (χ2v) is 4.92. The van der Waals surface area contributed by atoms with Crippen LogP contribution in [0.4, 0.5) is 0 Å². The lowest BCUT2D eigenvalue weighted by Gasteiger charge is -2.15. The van der Waals surface area contributed by atoms with Crippen LogP contribution in [0.3, 0.4) is 0 Å². The van der Waals surface area contributed by atoms with Gasteiger partial charge in [-0.25, -0.2) is 4.79 Å². The first-order valence-electron chi connectivity index (χ1n) is 6.55. The summed E-state index contributed by atoms with van der Waals surface area (Å²) in [6.45, 7) is 4.06. The van der Waals surface area contributed by atoms with Gasteiger partial charge in [0.25, 0.3) is 5.78 Å². The Morgan fingerprint density at radius 3 is 2.50 bits per heavy atom. The Morgan fingerprint density at radius 2 is 1.90 bits per heavy atom. The van der Waals surface area contributed by atoms with E-state index >= 15 is 0 Å². The van der Waals surface area contributed by atoms with E-state index in [0.29, 0.717) is 6.61 Å². The molecule has 0 aliphatic rings. The highest BCUT2D eigenvalue weighted by atomic mass is 35.5. The molecule has 0 saturated carbocycles. The lowest BCUT2D eigenvalue weighted by atomic mass is 10.1. The second-order valence-electron chi connectivity index (χ2n) is 4.40. The Bertz CT molecular complexity index is 433. The average molecular weight is 299 g/mol. The molecular weight excluding hydrogens is 280 g/mol. The van der Waals surface area contributed by atoms with Gasteiger partial charge in [-0.1, -0.05) is 30.3 Å². The zero-order valence-electron chi connectivity index (χ0n) is 11.7. The summed E-state index contributed by atoms with van der Waals surface area (Å²) < 4.78 is 10.2. The first-order valence-corrected chi connectivity index (χ1v) is 6.98. The van der Waals surface area contributed by atoms with Gasteiger partial charge in [-0.3, -0.25) is 4.79 Å². The number of hydrogen-bond donors (Lipinski definition) is 0. The number of carbonyl (C=O) groups is 2. The molecule has 5 heteroatoms. The molecule has 0 heterocycles. The van der Waals surface area contributed by atoms with Crippen molar-refractivity contribution in [3.63, 3.8) is 0 Å². The van der Waals surface area contributed by atoms with Gasteiger partial charge in [0.05, 0.1) is 19.3 Å². The predicted molar refractivity (Wildman–Crippen MR) is 76.6 cm³/mol. The maximum absolute atomic E-state index is 11.6. The van der Waals surface area contributed by atoms with Gasteiger partial charge in [-0.2, -0.15) is 0 Å². The standard InChI is InChI=1S/C15H19ClO4/c1-3-19-15(18)14(17)13(16)9-11(2)20-10-12-7-5-4-6-8-12/h4-8,11,13H,3,9-10H2,1-2H3/t11?,13-/m0/s1. The number of ketones is 1. The number of halogens is 1. The molecule has 0 aliphatic heterocycles. The summed E-state index contributed by atoms with van der Waals surface area (Å²) in [6, 6.07) is 9.69. The molecule has 0 saturated heterocycles. The molecule has 2 atom stereocenters. The summed E-state index contributed by atoms with van der Waals surface area (Å²) in [7, 11) is 0. The predicted octanol–water partition coefficient (Wildman–Crippen LogP) is 2.72. The molecule has 0 fully saturated rings. The number of carbonyl (C=O) groups excluding carboxylic acids is 2. The van der Waals surface area contributed by atoms with Crippen LogP contribution in [0.2, 0.25) is 0 Å². The second kappa shape index (κ2) is 8.72. The number of alkyl halides is 1. The van der Waals surface area contributed by atoms with E-state index in [-0.39, 0.29) is 19.1 Å². The summed E-state index contributed by atoms with van der Waals surface area (Å²) in [4.78, 5) is 22.8. The number of ether oxygens (including phenoxy) is 2. The third-order valence-corrected chi connectivity index (χ3v) is 3.05. The average Bonchev–Trinajstić information content (AvgIpc) is 2.45. The normalized spacial score (nSPS) is 13.6. The number of Topliss-reactive ketones (excluding diaryl/α,β-unsaturated/α-hetero) is 1. The molecule has 0 N–H and O–H groups in total. The fraction of sp³-hybridized carbons (Fsp3) is 0.467. The van der Waals surface area contributed by atoms with E-state index < -0.39 is 17.1 Å². The quantitative estimate of drug-likeness (QED) is 0.421. The zero-order chi connectivity index (χ0) is 15.0. The fourth-order valence-corrected chi connectivity index (χ4v) is 1.95. The van der Waals surface area contributed by atoms with Crippen LogP contribution >= 0.6 is 11.6 Å². The highest BCUT2D eigenvalue weighted by Crippen LogP contribution is 2.12. The van der Waals surface area contributed by atoms with E-state index in [0.717, 1.165) is 5.56 Å². The molecule has 0 amide bonds. The minimum absolute atomic E-state index is 0.161. The van der Waals surface area contributed by atoms with Gasteiger partial charge in [0.1, 0.15) is 5.38 Å². The Labute approximate surface area is 124 Å². The monoisotopic (exact) mass is 298 g/mol. The van der Waals surface area contributed by atoms with Crippen LogP contribution in [0, 0.1) is 0 Å². The van der Waals surface area contributed by atoms with E-state index in [1.54, 1.807) is 6.92 Å². The highest BCUT2D eigenvalue weighted by molar-refractivity contribution is 6.47. The molecule has 1 aromatic rings. The maximum Gasteiger partial charge on any atom is 0.376 e. The van der Waals surface area contributed by atoms with Crippen LogP contribution < -0.4 is 0 Å². The van der Waals surface area contributed by atoms with Crippen LogP contribution in [0.15, 0.2) is 30.3 Å². The van der Waals surface area contributed by atoms with Crippen LogP contribution in [0.5, 0.6) is 0 Å². The van der Waals surface area contributed by atoms with E-state index in [2.05, 4.69) is 4.74 Å². The number of benzene rings is 1. The van der Waals surface area contributed by atoms with Crippen LogP contribution in [0.1, 0.15) is 25.8 Å². The fourth-order valence-electron chi connectivity index (χ4n) is 1.61. The smallest absolute Gasteiger partial charge is 0.376 e. The van der Waals surface area contributed by atoms with Crippen molar-refractivity contribution in [3.05, 3.63) is 35.9 Å². The van der Waals surface area contributed by atoms with Crippen molar-refractivity contribution in [1.82, 2.24) is 0 Å². The molecule has 0 aliphatic carbocycles. The van der Waals surface area contributed by atoms with Crippen LogP contribution in [-0.4, -0.2) is 29.8 Å². The van der Waals surface area contributed by atoms with Gasteiger partial charge in [0, 0.05) is 0 Å². The summed E-state index contributed by atoms with van der Waals surface area (Å²) in [5, 5.41) is -0.917. The van der Waals surface area contributed by atoms with E-state index in [1.807, 2.05) is 37.3 Å². The molecule has 1 unspecified atom stereocenters. The Balaban J connectivity index is 2.36. The minimum atomic E-state index is -0.917. The van der Waals surface area contributed by atoms with Gasteiger partial charge >= 0.3 is 5.97 Å². The van der Waals surface area contributed by atoms with Crippen molar-refractivity contribution in [1.29, 1.82) is 0 Å². The van der Waals surface area contributed by atoms with Gasteiger partial charge in [0.2, 0.25) is 0 Å². The Morgan fingerprint density at radius 1 is 1.25 bits per heavy atom. The van der Waals surface area contributed by atoms with Crippen molar-refractivity contribution in [3.8, 4) is 0 Å². The van der Waals surface area contributed by atoms with E-state index in [9.17, 15) is 9.59 Å². The van der Waals surface area contributed by atoms with Crippen molar-refractivity contribution in [2.24, 2.45) is 0 Å². The maximum atomic E-state index is 11.6. The highest BCUT2D eigenvalue weighted by Gasteiger charge is 2.26. The number of esters is 1. The minimum Gasteiger partial charge on any atom is -0.460 e. The summed E-state index contributed by atoms with van der Waals surface area (Å²) >= 11 is 5.91. The van der Waals surface area contributed by atoms with Gasteiger partial charge < -0.3 is 9.47 Å². The van der Waals surface area contributed by atoms with Crippen molar-refractivity contribution in [2.75, 3.05) is 6.61 Å². The summed E-state index contributed by atoms with van der Waals surface area (Å²) in [6.07, 6.45) is 0.0440. The molecule has 0 bridgehead atoms. The third-order valence-electron chi connectivity index (χ3n) is 2.68. The molecule has 0 spiro atoms. The van der Waals surface area contributed by atoms with Gasteiger partial charge in [-0.15, -0.1) is 11.6 Å². The first-order chi connectivity index (χ1) is 9.54. The molecule has 4 nitrogen and oxygen atoms in total. The van der Waals surface area contributed by atoms with E-state index in [1.165, 1.54) is 0 Å². The molecular formula is C15H19ClO4. The molecule has 0 radical (unpaired) electrons. The summed E-state index contributed by atoms with van der Waals surface area (Å²) in [5.74, 6) is -1.61. The van der Waals surface area contributed by atoms with Crippen molar-refractivity contribution >= 4 is 23.4 Å². The lowest BCUT2D eigenvalue weighted by molar-refractivity contribution is -0.153. The molecule has 1 rings (SSSR count). The number of rotatable bonds is 8. The van der Waals surface area contributed by atoms with Crippen molar-refractivity contribution in [2.45, 2.75) is 38.4 Å². The van der Waals surface area contributed by atoms with Crippen LogP contribution in [0.25, 0.3) is 0 Å². The zero-order valence-corrected chi connectivity index (χ0v) is 12.4. The van der Waals surface area contributed by atoms with Gasteiger partial charge in [0.15, 0.2) is 0 Å². The molecule has 20 heavy (non-hydrogen) atoms. The first kappa shape index (κ1) is 16.7. The SMILES string of the molecule is CCOC(=O)C(=O)[C@@H](Cl)CC(C)OCc1ccccc1. The Hall–Kier alpha value is -1.39. The topological polar surface area (TPSA) is 52.6 Å². The summed E-state index contributed by atoms with van der Waals surface area (Å²) in [5.41, 5.74) is 1.04. The number of hydrogen-bond acceptors (Lipinski definition) is 4. The van der Waals surface area contributed by atoms with Crippen molar-refractivity contribution < 1.29 is 19.1 Å². The van der Waals surface area contributed by atoms with Crippen LogP contribution in [-0.2, 0) is 25.7 Å². The van der Waals surface area contributed by atoms with E-state index in [4.69, 9.17) is 16.3 Å². The largest absolute Gasteiger partial charge is 0.460 e. The molecule has 1 aromatic carbocycles. The molecule has 110 valence electrons. The van der Waals surface area contributed by atoms with Gasteiger partial charge in [-0.05, 0) is 25.8 Å².